The molecule has 138 valence electrons. The van der Waals surface area contributed by atoms with Crippen LogP contribution in [0.5, 0.6) is 11.5 Å². The number of hydrogen-bond acceptors (Lipinski definition) is 7. The van der Waals surface area contributed by atoms with Crippen molar-refractivity contribution < 1.29 is 23.5 Å². The number of ether oxygens (including phenoxy) is 2. The minimum Gasteiger partial charge on any atom is -0.486 e. The normalized spacial score (nSPS) is 12.4. The fraction of sp³-hybridized carbons (Fsp3) is 0.167. The van der Waals surface area contributed by atoms with Crippen LogP contribution in [0.1, 0.15) is 16.1 Å². The van der Waals surface area contributed by atoms with Crippen molar-refractivity contribution in [3.63, 3.8) is 0 Å². The Morgan fingerprint density at radius 1 is 1.11 bits per heavy atom. The molecule has 0 spiro atoms. The molecule has 0 atom stereocenters. The van der Waals surface area contributed by atoms with E-state index >= 15 is 0 Å². The second kappa shape index (κ2) is 7.50. The molecule has 0 radical (unpaired) electrons. The van der Waals surface area contributed by atoms with Gasteiger partial charge in [-0.05, 0) is 30.3 Å². The number of furan rings is 1. The number of aromatic nitrogens is 1. The Balaban J connectivity index is 1.32. The number of fused-ring (bicyclic) bond motifs is 1. The predicted molar refractivity (Wildman–Crippen MR) is 96.6 cm³/mol. The zero-order valence-corrected chi connectivity index (χ0v) is 14.9. The Hall–Kier alpha value is -3.33. The maximum atomic E-state index is 12.2. The van der Waals surface area contributed by atoms with Crippen LogP contribution in [0, 0.1) is 0 Å². The summed E-state index contributed by atoms with van der Waals surface area (Å²) < 4.78 is 16.1. The van der Waals surface area contributed by atoms with E-state index in [4.69, 9.17) is 13.9 Å². The number of thiazole rings is 1. The first-order valence-electron chi connectivity index (χ1n) is 8.16. The number of nitrogens with one attached hydrogen (secondary N) is 2. The van der Waals surface area contributed by atoms with Gasteiger partial charge in [0.1, 0.15) is 13.2 Å². The zero-order chi connectivity index (χ0) is 18.6. The molecular weight excluding hydrogens is 370 g/mol. The summed E-state index contributed by atoms with van der Waals surface area (Å²) in [6, 6.07) is 8.42. The van der Waals surface area contributed by atoms with Gasteiger partial charge in [-0.2, -0.15) is 0 Å². The molecule has 0 aliphatic carbocycles. The van der Waals surface area contributed by atoms with E-state index in [1.807, 2.05) is 0 Å². The highest BCUT2D eigenvalue weighted by molar-refractivity contribution is 7.13. The first kappa shape index (κ1) is 17.1. The number of carbonyl (C=O) groups excluding carboxylic acids is 2. The molecule has 2 N–H and O–H groups in total. The molecule has 27 heavy (non-hydrogen) atoms. The van der Waals surface area contributed by atoms with Gasteiger partial charge in [0.2, 0.25) is 5.91 Å². The molecule has 0 unspecified atom stereocenters. The summed E-state index contributed by atoms with van der Waals surface area (Å²) in [5, 5.41) is 2.48. The topological polar surface area (TPSA) is 103 Å². The van der Waals surface area contributed by atoms with Crippen molar-refractivity contribution in [3.8, 4) is 22.3 Å². The van der Waals surface area contributed by atoms with Crippen LogP contribution in [0.15, 0.2) is 46.4 Å². The van der Waals surface area contributed by atoms with Gasteiger partial charge in [0.25, 0.3) is 5.91 Å². The van der Waals surface area contributed by atoms with Gasteiger partial charge in [-0.15, -0.1) is 11.3 Å². The molecule has 1 aliphatic rings. The third kappa shape index (κ3) is 3.93. The molecule has 3 heterocycles. The van der Waals surface area contributed by atoms with Crippen LogP contribution >= 0.6 is 11.3 Å². The number of carbonyl (C=O) groups is 2. The number of benzene rings is 1. The molecule has 9 heteroatoms. The minimum atomic E-state index is -0.449. The van der Waals surface area contributed by atoms with E-state index in [1.165, 1.54) is 11.3 Å². The van der Waals surface area contributed by atoms with E-state index in [0.717, 1.165) is 0 Å². The standard InChI is InChI=1S/C18H15N3O5S/c22-16(9-12-10-27-18(19-12)14-2-1-5-24-14)20-21-17(23)11-3-4-13-15(8-11)26-7-6-25-13/h1-5,8,10H,6-7,9H2,(H,20,22)(H,21,23). The number of nitrogens with zero attached hydrogens (tertiary/aromatic N) is 1. The van der Waals surface area contributed by atoms with E-state index in [0.29, 0.717) is 46.7 Å². The lowest BCUT2D eigenvalue weighted by molar-refractivity contribution is -0.121. The lowest BCUT2D eigenvalue weighted by Gasteiger charge is -2.18. The maximum Gasteiger partial charge on any atom is 0.269 e. The second-order valence-electron chi connectivity index (χ2n) is 5.66. The van der Waals surface area contributed by atoms with Crippen molar-refractivity contribution in [2.45, 2.75) is 6.42 Å². The molecule has 8 nitrogen and oxygen atoms in total. The summed E-state index contributed by atoms with van der Waals surface area (Å²) in [5.41, 5.74) is 5.72. The van der Waals surface area contributed by atoms with Gasteiger partial charge in [0, 0.05) is 10.9 Å². The molecule has 3 aromatic rings. The van der Waals surface area contributed by atoms with Crippen LogP contribution in [0.4, 0.5) is 0 Å². The largest absolute Gasteiger partial charge is 0.486 e. The summed E-state index contributed by atoms with van der Waals surface area (Å²) in [4.78, 5) is 28.6. The minimum absolute atomic E-state index is 0.0403. The first-order valence-corrected chi connectivity index (χ1v) is 9.04. The summed E-state index contributed by atoms with van der Waals surface area (Å²) >= 11 is 1.39. The van der Waals surface area contributed by atoms with Crippen molar-refractivity contribution in [3.05, 3.63) is 53.2 Å². The van der Waals surface area contributed by atoms with Gasteiger partial charge >= 0.3 is 0 Å². The smallest absolute Gasteiger partial charge is 0.269 e. The van der Waals surface area contributed by atoms with Crippen LogP contribution in [0.3, 0.4) is 0 Å². The van der Waals surface area contributed by atoms with Crippen LogP contribution in [0.25, 0.3) is 10.8 Å². The number of amides is 2. The third-order valence-electron chi connectivity index (χ3n) is 3.75. The Kier molecular flexibility index (Phi) is 4.75. The summed E-state index contributed by atoms with van der Waals surface area (Å²) in [5.74, 6) is 0.927. The van der Waals surface area contributed by atoms with Crippen LogP contribution in [0.2, 0.25) is 0 Å². The molecule has 1 aliphatic heterocycles. The summed E-state index contributed by atoms with van der Waals surface area (Å²) in [6.07, 6.45) is 1.61. The molecule has 0 bridgehead atoms. The predicted octanol–water partition coefficient (Wildman–Crippen LogP) is 2.18. The van der Waals surface area contributed by atoms with Crippen molar-refractivity contribution in [2.24, 2.45) is 0 Å². The van der Waals surface area contributed by atoms with Crippen LogP contribution < -0.4 is 20.3 Å². The van der Waals surface area contributed by atoms with E-state index in [9.17, 15) is 9.59 Å². The molecule has 0 fully saturated rings. The fourth-order valence-electron chi connectivity index (χ4n) is 2.49. The van der Waals surface area contributed by atoms with Gasteiger partial charge in [0.15, 0.2) is 22.3 Å². The SMILES string of the molecule is O=C(Cc1csc(-c2ccco2)n1)NNC(=O)c1ccc2c(c1)OCCO2. The molecule has 0 saturated carbocycles. The maximum absolute atomic E-state index is 12.2. The Bertz CT molecular complexity index is 967. The van der Waals surface area contributed by atoms with Crippen LogP contribution in [-0.4, -0.2) is 30.0 Å². The van der Waals surface area contributed by atoms with Crippen molar-refractivity contribution in [2.75, 3.05) is 13.2 Å². The molecule has 0 saturated heterocycles. The van der Waals surface area contributed by atoms with Gasteiger partial charge in [0.05, 0.1) is 18.4 Å². The van der Waals surface area contributed by atoms with Gasteiger partial charge in [-0.25, -0.2) is 4.98 Å². The van der Waals surface area contributed by atoms with E-state index < -0.39 is 5.91 Å². The Labute approximate surface area is 158 Å². The van der Waals surface area contributed by atoms with E-state index in [-0.39, 0.29) is 12.3 Å². The molecule has 2 amide bonds. The monoisotopic (exact) mass is 385 g/mol. The van der Waals surface area contributed by atoms with Crippen molar-refractivity contribution in [1.82, 2.24) is 15.8 Å². The second-order valence-corrected chi connectivity index (χ2v) is 6.52. The highest BCUT2D eigenvalue weighted by atomic mass is 32.1. The third-order valence-corrected chi connectivity index (χ3v) is 4.65. The number of rotatable bonds is 4. The van der Waals surface area contributed by atoms with Crippen LogP contribution in [-0.2, 0) is 11.2 Å². The average molecular weight is 385 g/mol. The quantitative estimate of drug-likeness (QED) is 0.668. The number of hydrazine groups is 1. The lowest BCUT2D eigenvalue weighted by atomic mass is 10.2. The zero-order valence-electron chi connectivity index (χ0n) is 14.1. The van der Waals surface area contributed by atoms with E-state index in [1.54, 1.807) is 42.0 Å². The summed E-state index contributed by atoms with van der Waals surface area (Å²) in [6.45, 7) is 0.912. The van der Waals surface area contributed by atoms with Gasteiger partial charge in [-0.3, -0.25) is 20.4 Å². The molecule has 4 rings (SSSR count). The number of hydrogen-bond donors (Lipinski definition) is 2. The first-order chi connectivity index (χ1) is 13.2. The average Bonchev–Trinajstić information content (AvgIpc) is 3.37. The van der Waals surface area contributed by atoms with Gasteiger partial charge < -0.3 is 13.9 Å². The van der Waals surface area contributed by atoms with E-state index in [2.05, 4.69) is 15.8 Å². The molecule has 2 aromatic heterocycles. The fourth-order valence-corrected chi connectivity index (χ4v) is 3.28. The Morgan fingerprint density at radius 3 is 2.78 bits per heavy atom. The highest BCUT2D eigenvalue weighted by Crippen LogP contribution is 2.30. The van der Waals surface area contributed by atoms with Crippen molar-refractivity contribution >= 4 is 23.2 Å². The van der Waals surface area contributed by atoms with Crippen molar-refractivity contribution in [1.29, 1.82) is 0 Å². The molecule has 1 aromatic carbocycles. The molecular formula is C18H15N3O5S. The van der Waals surface area contributed by atoms with Gasteiger partial charge in [-0.1, -0.05) is 0 Å². The highest BCUT2D eigenvalue weighted by Gasteiger charge is 2.16. The summed E-state index contributed by atoms with van der Waals surface area (Å²) in [7, 11) is 0. The Morgan fingerprint density at radius 2 is 1.96 bits per heavy atom. The lowest BCUT2D eigenvalue weighted by Crippen LogP contribution is -2.42.